The molecule has 0 fully saturated rings. The number of rotatable bonds is 5. The molecule has 1 rings (SSSR count). The summed E-state index contributed by atoms with van der Waals surface area (Å²) in [6.45, 7) is 0.796. The lowest BCUT2D eigenvalue weighted by Gasteiger charge is -2.27. The third-order valence-corrected chi connectivity index (χ3v) is 2.99. The second-order valence-electron chi connectivity index (χ2n) is 4.36. The number of benzene rings is 1. The average molecular weight is 310 g/mol. The molecule has 0 aliphatic carbocycles. The molecule has 8 heteroatoms. The fourth-order valence-corrected chi connectivity index (χ4v) is 1.76. The summed E-state index contributed by atoms with van der Waals surface area (Å²) >= 11 is 0. The van der Waals surface area contributed by atoms with E-state index in [1.54, 1.807) is 18.2 Å². The molecular weight excluding hydrogens is 295 g/mol. The summed E-state index contributed by atoms with van der Waals surface area (Å²) in [6, 6.07) is 6.41. The van der Waals surface area contributed by atoms with E-state index in [0.717, 1.165) is 0 Å². The van der Waals surface area contributed by atoms with E-state index in [2.05, 4.69) is 0 Å². The topological polar surface area (TPSA) is 46.3 Å². The van der Waals surface area contributed by atoms with E-state index in [1.807, 2.05) is 0 Å². The van der Waals surface area contributed by atoms with Gasteiger partial charge < -0.3 is 10.6 Å². The van der Waals surface area contributed by atoms with Crippen LogP contribution in [-0.2, 0) is 17.9 Å². The molecule has 21 heavy (non-hydrogen) atoms. The SMILES string of the molecule is CCN(Cc1ccccc1CN)C(=O)C(F)(F)C(F)(F)F. The Balaban J connectivity index is 3.01. The van der Waals surface area contributed by atoms with Gasteiger partial charge in [-0.2, -0.15) is 22.0 Å². The van der Waals surface area contributed by atoms with E-state index in [9.17, 15) is 26.7 Å². The van der Waals surface area contributed by atoms with Gasteiger partial charge in [0.1, 0.15) is 0 Å². The lowest BCUT2D eigenvalue weighted by atomic mass is 10.1. The molecule has 3 nitrogen and oxygen atoms in total. The van der Waals surface area contributed by atoms with E-state index in [1.165, 1.54) is 13.0 Å². The second kappa shape index (κ2) is 6.38. The van der Waals surface area contributed by atoms with E-state index in [0.29, 0.717) is 16.0 Å². The molecular formula is C13H15F5N2O. The van der Waals surface area contributed by atoms with Gasteiger partial charge >= 0.3 is 18.0 Å². The van der Waals surface area contributed by atoms with Crippen LogP contribution >= 0.6 is 0 Å². The highest BCUT2D eigenvalue weighted by Crippen LogP contribution is 2.37. The molecule has 0 saturated carbocycles. The number of hydrogen-bond acceptors (Lipinski definition) is 2. The number of carbonyl (C=O) groups excluding carboxylic acids is 1. The van der Waals surface area contributed by atoms with Gasteiger partial charge in [-0.3, -0.25) is 4.79 Å². The zero-order valence-electron chi connectivity index (χ0n) is 11.3. The number of amides is 1. The summed E-state index contributed by atoms with van der Waals surface area (Å²) in [5.41, 5.74) is 6.49. The monoisotopic (exact) mass is 310 g/mol. The van der Waals surface area contributed by atoms with Crippen LogP contribution in [0.25, 0.3) is 0 Å². The lowest BCUT2D eigenvalue weighted by molar-refractivity contribution is -0.274. The van der Waals surface area contributed by atoms with Crippen molar-refractivity contribution in [3.05, 3.63) is 35.4 Å². The number of alkyl halides is 5. The van der Waals surface area contributed by atoms with Crippen molar-refractivity contribution in [2.75, 3.05) is 6.54 Å². The van der Waals surface area contributed by atoms with E-state index < -0.39 is 18.0 Å². The Morgan fingerprint density at radius 3 is 2.10 bits per heavy atom. The largest absolute Gasteiger partial charge is 0.463 e. The summed E-state index contributed by atoms with van der Waals surface area (Å²) in [7, 11) is 0. The number of nitrogens with zero attached hydrogens (tertiary/aromatic N) is 1. The molecule has 0 aromatic heterocycles. The summed E-state index contributed by atoms with van der Waals surface area (Å²) in [6.07, 6.45) is -5.91. The van der Waals surface area contributed by atoms with Crippen molar-refractivity contribution in [2.24, 2.45) is 5.73 Å². The normalized spacial score (nSPS) is 12.3. The van der Waals surface area contributed by atoms with Crippen LogP contribution in [0.15, 0.2) is 24.3 Å². The third kappa shape index (κ3) is 3.69. The van der Waals surface area contributed by atoms with Gasteiger partial charge in [0.2, 0.25) is 0 Å². The van der Waals surface area contributed by atoms with Crippen molar-refractivity contribution < 1.29 is 26.7 Å². The maximum atomic E-state index is 13.1. The Kier molecular flexibility index (Phi) is 5.27. The average Bonchev–Trinajstić information content (AvgIpc) is 2.43. The van der Waals surface area contributed by atoms with Gasteiger partial charge in [-0.15, -0.1) is 0 Å². The minimum Gasteiger partial charge on any atom is -0.333 e. The first-order chi connectivity index (χ1) is 9.65. The maximum absolute atomic E-state index is 13.1. The Hall–Kier alpha value is -1.70. The highest BCUT2D eigenvalue weighted by atomic mass is 19.4. The zero-order valence-corrected chi connectivity index (χ0v) is 11.3. The molecule has 0 bridgehead atoms. The van der Waals surface area contributed by atoms with Gasteiger partial charge in [-0.1, -0.05) is 24.3 Å². The molecule has 0 saturated heterocycles. The van der Waals surface area contributed by atoms with Crippen LogP contribution in [0.4, 0.5) is 22.0 Å². The first-order valence-corrected chi connectivity index (χ1v) is 6.15. The molecule has 1 aromatic carbocycles. The fraction of sp³-hybridized carbons (Fsp3) is 0.462. The predicted molar refractivity (Wildman–Crippen MR) is 66.4 cm³/mol. The van der Waals surface area contributed by atoms with Gasteiger partial charge in [-0.05, 0) is 18.1 Å². The van der Waals surface area contributed by atoms with Crippen molar-refractivity contribution in [3.8, 4) is 0 Å². The Labute approximate surface area is 118 Å². The number of nitrogens with two attached hydrogens (primary N) is 1. The summed E-state index contributed by atoms with van der Waals surface area (Å²) < 4.78 is 63.0. The van der Waals surface area contributed by atoms with Crippen molar-refractivity contribution in [2.45, 2.75) is 32.1 Å². The van der Waals surface area contributed by atoms with Crippen molar-refractivity contribution in [1.29, 1.82) is 0 Å². The zero-order chi connectivity index (χ0) is 16.3. The summed E-state index contributed by atoms with van der Waals surface area (Å²) in [5, 5.41) is 0. The van der Waals surface area contributed by atoms with Crippen molar-refractivity contribution >= 4 is 5.91 Å². The molecule has 118 valence electrons. The first kappa shape index (κ1) is 17.4. The van der Waals surface area contributed by atoms with E-state index in [4.69, 9.17) is 5.73 Å². The number of hydrogen-bond donors (Lipinski definition) is 1. The van der Waals surface area contributed by atoms with E-state index >= 15 is 0 Å². The first-order valence-electron chi connectivity index (χ1n) is 6.15. The highest BCUT2D eigenvalue weighted by molar-refractivity contribution is 5.84. The van der Waals surface area contributed by atoms with Crippen LogP contribution in [0, 0.1) is 0 Å². The third-order valence-electron chi connectivity index (χ3n) is 2.99. The Morgan fingerprint density at radius 1 is 1.14 bits per heavy atom. The molecule has 2 N–H and O–H groups in total. The molecule has 0 spiro atoms. The van der Waals surface area contributed by atoms with Crippen molar-refractivity contribution in [1.82, 2.24) is 4.90 Å². The molecule has 1 aromatic rings. The van der Waals surface area contributed by atoms with Crippen LogP contribution in [0.1, 0.15) is 18.1 Å². The van der Waals surface area contributed by atoms with Gasteiger partial charge in [0.05, 0.1) is 0 Å². The Bertz CT molecular complexity index is 502. The quantitative estimate of drug-likeness (QED) is 0.850. The van der Waals surface area contributed by atoms with Gasteiger partial charge in [0, 0.05) is 19.6 Å². The maximum Gasteiger partial charge on any atom is 0.463 e. The smallest absolute Gasteiger partial charge is 0.333 e. The van der Waals surface area contributed by atoms with Crippen LogP contribution in [-0.4, -0.2) is 29.5 Å². The number of carbonyl (C=O) groups is 1. The standard InChI is InChI=1S/C13H15F5N2O/c1-2-20(11(21)12(14,15)13(16,17)18)8-10-6-4-3-5-9(10)7-19/h3-6H,2,7-8,19H2,1H3. The van der Waals surface area contributed by atoms with Crippen LogP contribution < -0.4 is 5.73 Å². The van der Waals surface area contributed by atoms with Crippen LogP contribution in [0.5, 0.6) is 0 Å². The number of halogens is 5. The molecule has 0 aliphatic heterocycles. The van der Waals surface area contributed by atoms with Gasteiger partial charge in [0.15, 0.2) is 0 Å². The molecule has 0 unspecified atom stereocenters. The molecule has 0 aliphatic rings. The molecule has 1 amide bonds. The Morgan fingerprint density at radius 2 is 1.67 bits per heavy atom. The van der Waals surface area contributed by atoms with Crippen molar-refractivity contribution in [3.63, 3.8) is 0 Å². The minimum absolute atomic E-state index is 0.0948. The van der Waals surface area contributed by atoms with Crippen LogP contribution in [0.3, 0.4) is 0 Å². The minimum atomic E-state index is -5.91. The lowest BCUT2D eigenvalue weighted by Crippen LogP contribution is -2.51. The molecule has 0 radical (unpaired) electrons. The summed E-state index contributed by atoms with van der Waals surface area (Å²) in [4.78, 5) is 11.9. The predicted octanol–water partition coefficient (Wildman–Crippen LogP) is 2.69. The van der Waals surface area contributed by atoms with Gasteiger partial charge in [0.25, 0.3) is 0 Å². The summed E-state index contributed by atoms with van der Waals surface area (Å²) in [5.74, 6) is -7.66. The molecule has 0 atom stereocenters. The highest BCUT2D eigenvalue weighted by Gasteiger charge is 2.64. The fourth-order valence-electron chi connectivity index (χ4n) is 1.76. The van der Waals surface area contributed by atoms with Crippen LogP contribution in [0.2, 0.25) is 0 Å². The van der Waals surface area contributed by atoms with E-state index in [-0.39, 0.29) is 19.6 Å². The van der Waals surface area contributed by atoms with Gasteiger partial charge in [-0.25, -0.2) is 0 Å². The molecule has 0 heterocycles. The second-order valence-corrected chi connectivity index (χ2v) is 4.36.